The molecule has 79 valence electrons. The summed E-state index contributed by atoms with van der Waals surface area (Å²) >= 11 is 3.47. The van der Waals surface area contributed by atoms with Gasteiger partial charge in [0.25, 0.3) is 0 Å². The largest absolute Gasteiger partial charge is 0.180 e. The van der Waals surface area contributed by atoms with Gasteiger partial charge in [0.15, 0.2) is 0 Å². The van der Waals surface area contributed by atoms with Crippen LogP contribution in [-0.2, 0) is 32.7 Å². The van der Waals surface area contributed by atoms with Crippen molar-refractivity contribution >= 4 is 15.9 Å². The molecule has 0 atom stereocenters. The zero-order valence-corrected chi connectivity index (χ0v) is 13.8. The van der Waals surface area contributed by atoms with E-state index in [2.05, 4.69) is 66.2 Å². The van der Waals surface area contributed by atoms with Crippen LogP contribution in [0.3, 0.4) is 0 Å². The molecule has 0 nitrogen and oxygen atoms in total. The Morgan fingerprint density at radius 2 is 1.81 bits per heavy atom. The van der Waals surface area contributed by atoms with Gasteiger partial charge in [0, 0.05) is 37.2 Å². The summed E-state index contributed by atoms with van der Waals surface area (Å²) in [6.45, 7) is 4.18. The van der Waals surface area contributed by atoms with E-state index in [-0.39, 0.29) is 32.7 Å². The minimum absolute atomic E-state index is 0. The number of hydrogen-bond donors (Lipinski definition) is 0. The molecule has 2 heteroatoms. The van der Waals surface area contributed by atoms with E-state index < -0.39 is 0 Å². The summed E-state index contributed by atoms with van der Waals surface area (Å²) in [4.78, 5) is 0. The SMILES string of the molecule is Cc1[c-]cc(-c2ccc(Br)cc2C)cc1.[Y]. The van der Waals surface area contributed by atoms with Crippen LogP contribution in [0, 0.1) is 19.9 Å². The number of hydrogen-bond acceptors (Lipinski definition) is 0. The van der Waals surface area contributed by atoms with Crippen molar-refractivity contribution in [2.45, 2.75) is 13.8 Å². The van der Waals surface area contributed by atoms with Gasteiger partial charge in [-0.15, -0.1) is 5.56 Å². The van der Waals surface area contributed by atoms with Crippen LogP contribution in [0.5, 0.6) is 0 Å². The number of halogens is 1. The molecular weight excluding hydrogens is 337 g/mol. The van der Waals surface area contributed by atoms with Crippen molar-refractivity contribution < 1.29 is 32.7 Å². The first kappa shape index (κ1) is 14.1. The molecule has 0 aliphatic carbocycles. The van der Waals surface area contributed by atoms with Gasteiger partial charge in [0.2, 0.25) is 0 Å². The van der Waals surface area contributed by atoms with Crippen LogP contribution < -0.4 is 0 Å². The van der Waals surface area contributed by atoms with Gasteiger partial charge in [-0.2, -0.15) is 29.8 Å². The molecule has 0 heterocycles. The molecule has 1 radical (unpaired) electrons. The Bertz CT molecular complexity index is 475. The Kier molecular flexibility index (Phi) is 5.36. The van der Waals surface area contributed by atoms with Gasteiger partial charge in [-0.25, -0.2) is 0 Å². The third kappa shape index (κ3) is 3.26. The monoisotopic (exact) mass is 348 g/mol. The third-order valence-corrected chi connectivity index (χ3v) is 2.96. The van der Waals surface area contributed by atoms with Gasteiger partial charge < -0.3 is 0 Å². The summed E-state index contributed by atoms with van der Waals surface area (Å²) in [5.74, 6) is 0. The van der Waals surface area contributed by atoms with Gasteiger partial charge >= 0.3 is 0 Å². The molecule has 0 spiro atoms. The van der Waals surface area contributed by atoms with Crippen LogP contribution in [0.1, 0.15) is 11.1 Å². The summed E-state index contributed by atoms with van der Waals surface area (Å²) in [7, 11) is 0. The van der Waals surface area contributed by atoms with Gasteiger partial charge in [0.1, 0.15) is 0 Å². The van der Waals surface area contributed by atoms with Crippen LogP contribution in [0.25, 0.3) is 11.1 Å². The Labute approximate surface area is 130 Å². The summed E-state index contributed by atoms with van der Waals surface area (Å²) in [6, 6.07) is 15.9. The van der Waals surface area contributed by atoms with Crippen LogP contribution in [0.2, 0.25) is 0 Å². The maximum atomic E-state index is 3.47. The van der Waals surface area contributed by atoms with Crippen molar-refractivity contribution in [1.82, 2.24) is 0 Å². The molecule has 16 heavy (non-hydrogen) atoms. The molecule has 2 rings (SSSR count). The average molecular weight is 349 g/mol. The first-order valence-electron chi connectivity index (χ1n) is 4.92. The predicted molar refractivity (Wildman–Crippen MR) is 67.9 cm³/mol. The van der Waals surface area contributed by atoms with E-state index in [0.29, 0.717) is 0 Å². The number of rotatable bonds is 1. The Balaban J connectivity index is 0.00000128. The molecule has 0 aliphatic rings. The van der Waals surface area contributed by atoms with E-state index in [1.54, 1.807) is 0 Å². The van der Waals surface area contributed by atoms with Crippen molar-refractivity contribution in [3.8, 4) is 11.1 Å². The average Bonchev–Trinajstić information content (AvgIpc) is 2.20. The van der Waals surface area contributed by atoms with Crippen molar-refractivity contribution in [1.29, 1.82) is 0 Å². The smallest absolute Gasteiger partial charge is 0.0177 e. The summed E-state index contributed by atoms with van der Waals surface area (Å²) < 4.78 is 1.12. The maximum absolute atomic E-state index is 3.47. The van der Waals surface area contributed by atoms with Crippen LogP contribution in [0.4, 0.5) is 0 Å². The Hall–Kier alpha value is 0.0239. The third-order valence-electron chi connectivity index (χ3n) is 2.47. The first-order valence-corrected chi connectivity index (χ1v) is 5.71. The molecule has 0 saturated heterocycles. The fourth-order valence-corrected chi connectivity index (χ4v) is 2.10. The minimum Gasteiger partial charge on any atom is -0.180 e. The molecule has 0 N–H and O–H groups in total. The van der Waals surface area contributed by atoms with Crippen molar-refractivity contribution in [2.75, 3.05) is 0 Å². The van der Waals surface area contributed by atoms with E-state index in [1.807, 2.05) is 6.07 Å². The van der Waals surface area contributed by atoms with E-state index in [4.69, 9.17) is 0 Å². The van der Waals surface area contributed by atoms with Crippen molar-refractivity contribution in [3.05, 3.63) is 58.1 Å². The summed E-state index contributed by atoms with van der Waals surface area (Å²) in [5.41, 5.74) is 4.95. The fourth-order valence-electron chi connectivity index (χ4n) is 1.62. The second kappa shape index (κ2) is 6.09. The zero-order chi connectivity index (χ0) is 10.8. The molecule has 0 aliphatic heterocycles. The first-order chi connectivity index (χ1) is 7.16. The number of benzene rings is 2. The standard InChI is InChI=1S/C14H12Br.Y/c1-10-3-5-12(6-4-10)14-8-7-13(15)9-11(14)2;/h3,5-9H,1-2H3;/q-1;. The predicted octanol–water partition coefficient (Wildman–Crippen LogP) is 4.53. The zero-order valence-electron chi connectivity index (χ0n) is 9.42. The molecule has 0 aromatic heterocycles. The van der Waals surface area contributed by atoms with E-state index in [9.17, 15) is 0 Å². The van der Waals surface area contributed by atoms with Crippen LogP contribution in [-0.4, -0.2) is 0 Å². The van der Waals surface area contributed by atoms with Gasteiger partial charge in [-0.05, 0) is 19.1 Å². The van der Waals surface area contributed by atoms with E-state index in [1.165, 1.54) is 22.3 Å². The quantitative estimate of drug-likeness (QED) is 0.664. The fraction of sp³-hybridized carbons (Fsp3) is 0.143. The molecule has 2 aromatic carbocycles. The molecule has 2 aromatic rings. The molecule has 0 bridgehead atoms. The molecule has 0 amide bonds. The topological polar surface area (TPSA) is 0 Å². The second-order valence-electron chi connectivity index (χ2n) is 3.72. The minimum atomic E-state index is 0. The van der Waals surface area contributed by atoms with E-state index >= 15 is 0 Å². The van der Waals surface area contributed by atoms with Crippen LogP contribution in [0.15, 0.2) is 40.9 Å². The van der Waals surface area contributed by atoms with Gasteiger partial charge in [0.05, 0.1) is 0 Å². The Morgan fingerprint density at radius 1 is 1.06 bits per heavy atom. The summed E-state index contributed by atoms with van der Waals surface area (Å²) in [6.07, 6.45) is 0. The second-order valence-corrected chi connectivity index (χ2v) is 4.64. The van der Waals surface area contributed by atoms with Crippen molar-refractivity contribution in [2.24, 2.45) is 0 Å². The number of aryl methyl sites for hydroxylation is 2. The van der Waals surface area contributed by atoms with Gasteiger partial charge in [-0.1, -0.05) is 40.0 Å². The molecule has 0 fully saturated rings. The summed E-state index contributed by atoms with van der Waals surface area (Å²) in [5, 5.41) is 0. The Morgan fingerprint density at radius 3 is 2.38 bits per heavy atom. The normalized spacial score (nSPS) is 9.69. The van der Waals surface area contributed by atoms with E-state index in [0.717, 1.165) is 4.47 Å². The molecule has 0 unspecified atom stereocenters. The maximum Gasteiger partial charge on any atom is 0.0177 e. The molecule has 0 saturated carbocycles. The van der Waals surface area contributed by atoms with Crippen LogP contribution >= 0.6 is 15.9 Å². The van der Waals surface area contributed by atoms with Crippen molar-refractivity contribution in [3.63, 3.8) is 0 Å². The van der Waals surface area contributed by atoms with Gasteiger partial charge in [-0.3, -0.25) is 0 Å². The molecular formula is C14H12BrY-.